The lowest BCUT2D eigenvalue weighted by molar-refractivity contribution is 0.432. The summed E-state index contributed by atoms with van der Waals surface area (Å²) in [4.78, 5) is 0. The summed E-state index contributed by atoms with van der Waals surface area (Å²) in [5.41, 5.74) is 1.10. The number of halogens is 2. The average Bonchev–Trinajstić information content (AvgIpc) is 2.85. The van der Waals surface area contributed by atoms with Gasteiger partial charge in [-0.3, -0.25) is 0 Å². The smallest absolute Gasteiger partial charge is 0.120 e. The zero-order valence-corrected chi connectivity index (χ0v) is 11.6. The van der Waals surface area contributed by atoms with Crippen molar-refractivity contribution in [3.05, 3.63) is 58.0 Å². The summed E-state index contributed by atoms with van der Waals surface area (Å²) in [6.45, 7) is 2.91. The van der Waals surface area contributed by atoms with Crippen molar-refractivity contribution < 1.29 is 4.42 Å². The first-order valence-electron chi connectivity index (χ1n) is 5.87. The van der Waals surface area contributed by atoms with Gasteiger partial charge in [-0.2, -0.15) is 0 Å². The molecule has 1 heterocycles. The standard InChI is InChI=1S/C14H15Cl2NO/c1-10(14-3-2-8-18-14)17-7-6-11-4-5-12(15)9-13(11)16/h2-5,8-10,17H,6-7H2,1H3. The van der Waals surface area contributed by atoms with Crippen LogP contribution in [0.3, 0.4) is 0 Å². The summed E-state index contributed by atoms with van der Waals surface area (Å²) in [7, 11) is 0. The van der Waals surface area contributed by atoms with Gasteiger partial charge >= 0.3 is 0 Å². The molecule has 18 heavy (non-hydrogen) atoms. The fraction of sp³-hybridized carbons (Fsp3) is 0.286. The van der Waals surface area contributed by atoms with E-state index in [1.165, 1.54) is 0 Å². The lowest BCUT2D eigenvalue weighted by atomic mass is 10.1. The Balaban J connectivity index is 1.85. The lowest BCUT2D eigenvalue weighted by Crippen LogP contribution is -2.21. The van der Waals surface area contributed by atoms with E-state index >= 15 is 0 Å². The molecule has 1 N–H and O–H groups in total. The first-order valence-corrected chi connectivity index (χ1v) is 6.63. The van der Waals surface area contributed by atoms with Gasteiger partial charge in [0, 0.05) is 10.0 Å². The van der Waals surface area contributed by atoms with Gasteiger partial charge in [0.05, 0.1) is 12.3 Å². The number of hydrogen-bond acceptors (Lipinski definition) is 2. The van der Waals surface area contributed by atoms with E-state index < -0.39 is 0 Å². The monoisotopic (exact) mass is 283 g/mol. The highest BCUT2D eigenvalue weighted by molar-refractivity contribution is 6.35. The summed E-state index contributed by atoms with van der Waals surface area (Å²) in [5, 5.41) is 4.77. The maximum Gasteiger partial charge on any atom is 0.120 e. The molecule has 0 aliphatic carbocycles. The maximum atomic E-state index is 6.11. The fourth-order valence-electron chi connectivity index (χ4n) is 1.79. The molecule has 0 bridgehead atoms. The summed E-state index contributed by atoms with van der Waals surface area (Å²) >= 11 is 12.0. The Morgan fingerprint density at radius 1 is 1.28 bits per heavy atom. The molecule has 0 radical (unpaired) electrons. The van der Waals surface area contributed by atoms with E-state index in [0.717, 1.165) is 29.3 Å². The molecule has 2 nitrogen and oxygen atoms in total. The lowest BCUT2D eigenvalue weighted by Gasteiger charge is -2.11. The van der Waals surface area contributed by atoms with Crippen LogP contribution in [0.1, 0.15) is 24.3 Å². The summed E-state index contributed by atoms with van der Waals surface area (Å²) in [6, 6.07) is 9.65. The molecule has 1 atom stereocenters. The summed E-state index contributed by atoms with van der Waals surface area (Å²) in [5.74, 6) is 0.942. The van der Waals surface area contributed by atoms with Crippen molar-refractivity contribution in [3.63, 3.8) is 0 Å². The van der Waals surface area contributed by atoms with Crippen molar-refractivity contribution >= 4 is 23.2 Å². The van der Waals surface area contributed by atoms with Crippen LogP contribution in [0.25, 0.3) is 0 Å². The maximum absolute atomic E-state index is 6.11. The van der Waals surface area contributed by atoms with Crippen LogP contribution in [0.5, 0.6) is 0 Å². The van der Waals surface area contributed by atoms with Crippen LogP contribution in [0.2, 0.25) is 10.0 Å². The topological polar surface area (TPSA) is 25.2 Å². The SMILES string of the molecule is CC(NCCc1ccc(Cl)cc1Cl)c1ccco1. The molecule has 96 valence electrons. The minimum absolute atomic E-state index is 0.200. The number of furan rings is 1. The average molecular weight is 284 g/mol. The Kier molecular flexibility index (Phi) is 4.70. The van der Waals surface area contributed by atoms with E-state index in [0.29, 0.717) is 5.02 Å². The predicted molar refractivity (Wildman–Crippen MR) is 75.3 cm³/mol. The third kappa shape index (κ3) is 3.52. The van der Waals surface area contributed by atoms with Gasteiger partial charge in [-0.15, -0.1) is 0 Å². The summed E-state index contributed by atoms with van der Waals surface area (Å²) in [6.07, 6.45) is 2.55. The molecule has 2 rings (SSSR count). The fourth-order valence-corrected chi connectivity index (χ4v) is 2.29. The van der Waals surface area contributed by atoms with Gasteiger partial charge in [0.2, 0.25) is 0 Å². The van der Waals surface area contributed by atoms with E-state index in [1.807, 2.05) is 24.3 Å². The molecule has 0 saturated heterocycles. The highest BCUT2D eigenvalue weighted by Gasteiger charge is 2.07. The van der Waals surface area contributed by atoms with Crippen molar-refractivity contribution in [1.82, 2.24) is 5.32 Å². The third-order valence-corrected chi connectivity index (χ3v) is 3.42. The molecule has 0 fully saturated rings. The zero-order chi connectivity index (χ0) is 13.0. The van der Waals surface area contributed by atoms with Crippen LogP contribution in [0.4, 0.5) is 0 Å². The van der Waals surface area contributed by atoms with Gasteiger partial charge in [0.25, 0.3) is 0 Å². The van der Waals surface area contributed by atoms with Gasteiger partial charge in [0.1, 0.15) is 5.76 Å². The Labute approximate surface area is 117 Å². The van der Waals surface area contributed by atoms with Gasteiger partial charge < -0.3 is 9.73 Å². The number of rotatable bonds is 5. The summed E-state index contributed by atoms with van der Waals surface area (Å²) < 4.78 is 5.33. The molecular formula is C14H15Cl2NO. The third-order valence-electron chi connectivity index (χ3n) is 2.83. The van der Waals surface area contributed by atoms with Crippen LogP contribution in [-0.4, -0.2) is 6.54 Å². The minimum Gasteiger partial charge on any atom is -0.468 e. The number of benzene rings is 1. The first kappa shape index (κ1) is 13.5. The number of hydrogen-bond donors (Lipinski definition) is 1. The Bertz CT molecular complexity index is 497. The first-order chi connectivity index (χ1) is 8.66. The van der Waals surface area contributed by atoms with E-state index in [9.17, 15) is 0 Å². The molecule has 0 amide bonds. The normalized spacial score (nSPS) is 12.6. The molecule has 0 saturated carbocycles. The van der Waals surface area contributed by atoms with E-state index in [4.69, 9.17) is 27.6 Å². The van der Waals surface area contributed by atoms with Crippen molar-refractivity contribution in [2.24, 2.45) is 0 Å². The van der Waals surface area contributed by atoms with Crippen molar-refractivity contribution in [3.8, 4) is 0 Å². The van der Waals surface area contributed by atoms with Crippen LogP contribution < -0.4 is 5.32 Å². The molecular weight excluding hydrogens is 269 g/mol. The molecule has 1 aromatic heterocycles. The van der Waals surface area contributed by atoms with Crippen molar-refractivity contribution in [1.29, 1.82) is 0 Å². The van der Waals surface area contributed by atoms with E-state index in [2.05, 4.69) is 12.2 Å². The molecule has 1 aromatic carbocycles. The van der Waals surface area contributed by atoms with E-state index in [1.54, 1.807) is 12.3 Å². The van der Waals surface area contributed by atoms with Crippen LogP contribution >= 0.6 is 23.2 Å². The van der Waals surface area contributed by atoms with Crippen LogP contribution in [0.15, 0.2) is 41.0 Å². The highest BCUT2D eigenvalue weighted by Crippen LogP contribution is 2.21. The van der Waals surface area contributed by atoms with Gasteiger partial charge in [-0.25, -0.2) is 0 Å². The number of nitrogens with one attached hydrogen (secondary N) is 1. The zero-order valence-electron chi connectivity index (χ0n) is 10.1. The largest absolute Gasteiger partial charge is 0.468 e. The van der Waals surface area contributed by atoms with Gasteiger partial charge in [-0.1, -0.05) is 29.3 Å². The van der Waals surface area contributed by atoms with Crippen molar-refractivity contribution in [2.75, 3.05) is 6.54 Å². The second-order valence-electron chi connectivity index (χ2n) is 4.18. The molecule has 0 aliphatic heterocycles. The quantitative estimate of drug-likeness (QED) is 0.875. The molecule has 4 heteroatoms. The van der Waals surface area contributed by atoms with E-state index in [-0.39, 0.29) is 6.04 Å². The van der Waals surface area contributed by atoms with Gasteiger partial charge in [-0.05, 0) is 49.7 Å². The minimum atomic E-state index is 0.200. The molecule has 1 unspecified atom stereocenters. The van der Waals surface area contributed by atoms with Crippen LogP contribution in [0, 0.1) is 0 Å². The molecule has 2 aromatic rings. The predicted octanol–water partition coefficient (Wildman–Crippen LogP) is 4.48. The molecule has 0 spiro atoms. The molecule has 0 aliphatic rings. The Hall–Kier alpha value is -0.960. The van der Waals surface area contributed by atoms with Crippen molar-refractivity contribution in [2.45, 2.75) is 19.4 Å². The second kappa shape index (κ2) is 6.28. The van der Waals surface area contributed by atoms with Crippen LogP contribution in [-0.2, 0) is 6.42 Å². The highest BCUT2D eigenvalue weighted by atomic mass is 35.5. The Morgan fingerprint density at radius 2 is 2.11 bits per heavy atom. The Morgan fingerprint density at radius 3 is 2.78 bits per heavy atom. The van der Waals surface area contributed by atoms with Gasteiger partial charge in [0.15, 0.2) is 0 Å². The second-order valence-corrected chi connectivity index (χ2v) is 5.02.